The van der Waals surface area contributed by atoms with E-state index in [1.54, 1.807) is 0 Å². The Morgan fingerprint density at radius 2 is 1.73 bits per heavy atom. The molecule has 1 saturated carbocycles. The second-order valence-corrected chi connectivity index (χ2v) is 7.21. The highest BCUT2D eigenvalue weighted by Crippen LogP contribution is 2.21. The van der Waals surface area contributed by atoms with E-state index < -0.39 is 0 Å². The molecule has 4 heteroatoms. The van der Waals surface area contributed by atoms with Crippen molar-refractivity contribution in [3.05, 3.63) is 30.3 Å². The SMILES string of the molecule is CCCCCCCN(CCOc1ccccc1)C(=O)OC1CCCCC1. The highest BCUT2D eigenvalue weighted by molar-refractivity contribution is 5.67. The third-order valence-electron chi connectivity index (χ3n) is 4.98. The highest BCUT2D eigenvalue weighted by Gasteiger charge is 2.21. The Morgan fingerprint density at radius 3 is 2.46 bits per heavy atom. The van der Waals surface area contributed by atoms with E-state index in [0.717, 1.165) is 31.6 Å². The third-order valence-corrected chi connectivity index (χ3v) is 4.98. The van der Waals surface area contributed by atoms with Gasteiger partial charge < -0.3 is 14.4 Å². The first-order chi connectivity index (χ1) is 12.8. The summed E-state index contributed by atoms with van der Waals surface area (Å²) in [6.07, 6.45) is 11.5. The van der Waals surface area contributed by atoms with Crippen LogP contribution in [0.1, 0.15) is 71.1 Å². The summed E-state index contributed by atoms with van der Waals surface area (Å²) >= 11 is 0. The van der Waals surface area contributed by atoms with Gasteiger partial charge in [0.05, 0.1) is 6.54 Å². The van der Waals surface area contributed by atoms with Gasteiger partial charge in [0, 0.05) is 6.54 Å². The average Bonchev–Trinajstić information content (AvgIpc) is 2.68. The molecule has 0 bridgehead atoms. The van der Waals surface area contributed by atoms with Gasteiger partial charge in [-0.05, 0) is 44.2 Å². The second-order valence-electron chi connectivity index (χ2n) is 7.21. The summed E-state index contributed by atoms with van der Waals surface area (Å²) in [5.41, 5.74) is 0. The molecular weight excluding hydrogens is 326 g/mol. The molecule has 0 spiro atoms. The molecule has 0 aliphatic heterocycles. The summed E-state index contributed by atoms with van der Waals surface area (Å²) in [6, 6.07) is 9.76. The van der Waals surface area contributed by atoms with Gasteiger partial charge in [-0.3, -0.25) is 0 Å². The van der Waals surface area contributed by atoms with Crippen LogP contribution in [0.15, 0.2) is 30.3 Å². The van der Waals surface area contributed by atoms with Crippen LogP contribution in [0.3, 0.4) is 0 Å². The molecule has 0 unspecified atom stereocenters. The molecule has 1 aliphatic rings. The Morgan fingerprint density at radius 1 is 1.00 bits per heavy atom. The quantitative estimate of drug-likeness (QED) is 0.467. The third kappa shape index (κ3) is 8.11. The van der Waals surface area contributed by atoms with Crippen molar-refractivity contribution in [3.8, 4) is 5.75 Å². The predicted molar refractivity (Wildman–Crippen MR) is 106 cm³/mol. The number of ether oxygens (including phenoxy) is 2. The van der Waals surface area contributed by atoms with Gasteiger partial charge in [-0.1, -0.05) is 57.2 Å². The van der Waals surface area contributed by atoms with E-state index in [1.165, 1.54) is 44.9 Å². The van der Waals surface area contributed by atoms with Crippen LogP contribution in [0.2, 0.25) is 0 Å². The van der Waals surface area contributed by atoms with Crippen molar-refractivity contribution >= 4 is 6.09 Å². The van der Waals surface area contributed by atoms with Crippen LogP contribution in [0.25, 0.3) is 0 Å². The number of hydrogen-bond acceptors (Lipinski definition) is 3. The fourth-order valence-corrected chi connectivity index (χ4v) is 3.39. The minimum atomic E-state index is -0.163. The Kier molecular flexibility index (Phi) is 9.99. The van der Waals surface area contributed by atoms with Crippen LogP contribution in [-0.2, 0) is 4.74 Å². The lowest BCUT2D eigenvalue weighted by Gasteiger charge is -2.27. The molecule has 26 heavy (non-hydrogen) atoms. The lowest BCUT2D eigenvalue weighted by atomic mass is 9.98. The molecule has 0 aromatic heterocycles. The minimum Gasteiger partial charge on any atom is -0.492 e. The standard InChI is InChI=1S/C22H35NO3/c1-2-3-4-5-12-17-23(18-19-25-20-13-8-6-9-14-20)22(24)26-21-15-10-7-11-16-21/h6,8-9,13-14,21H,2-5,7,10-12,15-19H2,1H3. The van der Waals surface area contributed by atoms with Crippen molar-refractivity contribution in [3.63, 3.8) is 0 Å². The smallest absolute Gasteiger partial charge is 0.410 e. The van der Waals surface area contributed by atoms with Gasteiger partial charge in [-0.2, -0.15) is 0 Å². The number of rotatable bonds is 11. The van der Waals surface area contributed by atoms with E-state index in [-0.39, 0.29) is 12.2 Å². The van der Waals surface area contributed by atoms with E-state index in [2.05, 4.69) is 6.92 Å². The lowest BCUT2D eigenvalue weighted by Crippen LogP contribution is -2.38. The minimum absolute atomic E-state index is 0.105. The molecular formula is C22H35NO3. The van der Waals surface area contributed by atoms with Crippen LogP contribution in [0.5, 0.6) is 5.75 Å². The molecule has 146 valence electrons. The van der Waals surface area contributed by atoms with Crippen molar-refractivity contribution in [2.45, 2.75) is 77.2 Å². The molecule has 0 atom stereocenters. The van der Waals surface area contributed by atoms with Gasteiger partial charge >= 0.3 is 6.09 Å². The molecule has 2 rings (SSSR count). The van der Waals surface area contributed by atoms with Gasteiger partial charge in [-0.15, -0.1) is 0 Å². The number of unbranched alkanes of at least 4 members (excludes halogenated alkanes) is 4. The van der Waals surface area contributed by atoms with Gasteiger partial charge in [0.15, 0.2) is 0 Å². The Labute approximate surface area is 158 Å². The molecule has 1 aliphatic carbocycles. The van der Waals surface area contributed by atoms with Gasteiger partial charge in [0.1, 0.15) is 18.5 Å². The van der Waals surface area contributed by atoms with E-state index in [0.29, 0.717) is 13.2 Å². The molecule has 0 N–H and O–H groups in total. The summed E-state index contributed by atoms with van der Waals surface area (Å²) in [4.78, 5) is 14.5. The lowest BCUT2D eigenvalue weighted by molar-refractivity contribution is 0.0424. The maximum atomic E-state index is 12.6. The topological polar surface area (TPSA) is 38.8 Å². The first-order valence-electron chi connectivity index (χ1n) is 10.4. The predicted octanol–water partition coefficient (Wildman–Crippen LogP) is 5.81. The Hall–Kier alpha value is -1.71. The number of nitrogens with zero attached hydrogens (tertiary/aromatic N) is 1. The maximum absolute atomic E-state index is 12.6. The first kappa shape index (κ1) is 20.6. The molecule has 1 fully saturated rings. The molecule has 0 heterocycles. The Bertz CT molecular complexity index is 485. The van der Waals surface area contributed by atoms with Crippen LogP contribution < -0.4 is 4.74 Å². The van der Waals surface area contributed by atoms with Gasteiger partial charge in [0.2, 0.25) is 0 Å². The van der Waals surface area contributed by atoms with Crippen molar-refractivity contribution in [1.82, 2.24) is 4.90 Å². The molecule has 1 aromatic rings. The number of carbonyl (C=O) groups is 1. The normalized spacial score (nSPS) is 14.8. The molecule has 1 amide bonds. The number of para-hydroxylation sites is 1. The number of hydrogen-bond donors (Lipinski definition) is 0. The van der Waals surface area contributed by atoms with Gasteiger partial charge in [-0.25, -0.2) is 4.79 Å². The van der Waals surface area contributed by atoms with E-state index in [4.69, 9.17) is 9.47 Å². The van der Waals surface area contributed by atoms with Crippen LogP contribution in [0, 0.1) is 0 Å². The highest BCUT2D eigenvalue weighted by atomic mass is 16.6. The maximum Gasteiger partial charge on any atom is 0.410 e. The van der Waals surface area contributed by atoms with E-state index >= 15 is 0 Å². The summed E-state index contributed by atoms with van der Waals surface area (Å²) in [5.74, 6) is 0.844. The zero-order valence-electron chi connectivity index (χ0n) is 16.3. The fraction of sp³-hybridized carbons (Fsp3) is 0.682. The summed E-state index contributed by atoms with van der Waals surface area (Å²) in [5, 5.41) is 0. The van der Waals surface area contributed by atoms with Gasteiger partial charge in [0.25, 0.3) is 0 Å². The van der Waals surface area contributed by atoms with E-state index in [1.807, 2.05) is 35.2 Å². The summed E-state index contributed by atoms with van der Waals surface area (Å²) in [7, 11) is 0. The van der Waals surface area contributed by atoms with Crippen molar-refractivity contribution < 1.29 is 14.3 Å². The fourth-order valence-electron chi connectivity index (χ4n) is 3.39. The van der Waals surface area contributed by atoms with Crippen LogP contribution >= 0.6 is 0 Å². The van der Waals surface area contributed by atoms with Crippen molar-refractivity contribution in [2.75, 3.05) is 19.7 Å². The molecule has 0 radical (unpaired) electrons. The second kappa shape index (κ2) is 12.6. The van der Waals surface area contributed by atoms with E-state index in [9.17, 15) is 4.79 Å². The largest absolute Gasteiger partial charge is 0.492 e. The number of amides is 1. The number of benzene rings is 1. The van der Waals surface area contributed by atoms with Crippen LogP contribution in [0.4, 0.5) is 4.79 Å². The molecule has 1 aromatic carbocycles. The average molecular weight is 362 g/mol. The first-order valence-corrected chi connectivity index (χ1v) is 10.4. The van der Waals surface area contributed by atoms with Crippen LogP contribution in [-0.4, -0.2) is 36.8 Å². The van der Waals surface area contributed by atoms with Crippen molar-refractivity contribution in [1.29, 1.82) is 0 Å². The zero-order chi connectivity index (χ0) is 18.5. The monoisotopic (exact) mass is 361 g/mol. The number of carbonyl (C=O) groups excluding carboxylic acids is 1. The zero-order valence-corrected chi connectivity index (χ0v) is 16.3. The Balaban J connectivity index is 1.77. The van der Waals surface area contributed by atoms with Crippen molar-refractivity contribution in [2.24, 2.45) is 0 Å². The summed E-state index contributed by atoms with van der Waals surface area (Å²) < 4.78 is 11.5. The molecule has 0 saturated heterocycles. The molecule has 4 nitrogen and oxygen atoms in total. The summed E-state index contributed by atoms with van der Waals surface area (Å²) in [6.45, 7) is 4.05.